The van der Waals surface area contributed by atoms with Crippen molar-refractivity contribution in [2.45, 2.75) is 6.92 Å². The number of halogens is 2. The van der Waals surface area contributed by atoms with E-state index in [2.05, 4.69) is 10.1 Å². The maximum absolute atomic E-state index is 11.4. The summed E-state index contributed by atoms with van der Waals surface area (Å²) in [5.41, 5.74) is 0.625. The Bertz CT molecular complexity index is 501. The highest BCUT2D eigenvalue weighted by atomic mass is 35.5. The molecule has 0 aliphatic rings. The average molecular weight is 302 g/mol. The summed E-state index contributed by atoms with van der Waals surface area (Å²) in [5, 5.41) is 3.40. The van der Waals surface area contributed by atoms with Crippen molar-refractivity contribution in [3.63, 3.8) is 0 Å². The summed E-state index contributed by atoms with van der Waals surface area (Å²) in [4.78, 5) is 22.5. The number of benzene rings is 1. The van der Waals surface area contributed by atoms with Crippen LogP contribution in [0.4, 0.5) is 0 Å². The third kappa shape index (κ3) is 5.77. The Morgan fingerprint density at radius 2 is 2.11 bits per heavy atom. The molecule has 1 rings (SSSR count). The van der Waals surface area contributed by atoms with Gasteiger partial charge in [0, 0.05) is 16.1 Å². The fraction of sp³-hybridized carbons (Fsp3) is 0.231. The third-order valence-corrected chi connectivity index (χ3v) is 2.66. The summed E-state index contributed by atoms with van der Waals surface area (Å²) in [7, 11) is 0. The van der Waals surface area contributed by atoms with E-state index in [0.29, 0.717) is 15.6 Å². The largest absolute Gasteiger partial charge is 0.465 e. The van der Waals surface area contributed by atoms with E-state index in [1.165, 1.54) is 12.2 Å². The SMILES string of the molecule is CCOC(=O)CNC(=O)/C=C/c1cc(Cl)ccc1Cl. The minimum atomic E-state index is -0.481. The van der Waals surface area contributed by atoms with Gasteiger partial charge in [-0.15, -0.1) is 0 Å². The van der Waals surface area contributed by atoms with Crippen molar-refractivity contribution in [1.29, 1.82) is 0 Å². The molecule has 1 N–H and O–H groups in total. The molecule has 0 aliphatic heterocycles. The zero-order chi connectivity index (χ0) is 14.3. The Labute approximate surface area is 121 Å². The predicted molar refractivity (Wildman–Crippen MR) is 75.1 cm³/mol. The Morgan fingerprint density at radius 1 is 1.37 bits per heavy atom. The van der Waals surface area contributed by atoms with Crippen LogP contribution in [0.5, 0.6) is 0 Å². The first kappa shape index (κ1) is 15.5. The number of nitrogens with one attached hydrogen (secondary N) is 1. The van der Waals surface area contributed by atoms with E-state index in [1.807, 2.05) is 0 Å². The molecule has 6 heteroatoms. The van der Waals surface area contributed by atoms with Crippen LogP contribution in [0.1, 0.15) is 12.5 Å². The number of ether oxygens (including phenoxy) is 1. The summed E-state index contributed by atoms with van der Waals surface area (Å²) >= 11 is 11.7. The molecule has 1 aromatic carbocycles. The Balaban J connectivity index is 2.54. The number of carbonyl (C=O) groups excluding carboxylic acids is 2. The van der Waals surface area contributed by atoms with Crippen molar-refractivity contribution in [3.8, 4) is 0 Å². The molecule has 1 aromatic rings. The first-order valence-corrected chi connectivity index (χ1v) is 6.35. The van der Waals surface area contributed by atoms with Crippen molar-refractivity contribution < 1.29 is 14.3 Å². The molecule has 0 fully saturated rings. The lowest BCUT2D eigenvalue weighted by Gasteiger charge is -2.02. The number of hydrogen-bond acceptors (Lipinski definition) is 3. The standard InChI is InChI=1S/C13H13Cl2NO3/c1-2-19-13(18)8-16-12(17)6-3-9-7-10(14)4-5-11(9)15/h3-7H,2,8H2,1H3,(H,16,17)/b6-3+. The molecule has 0 heterocycles. The second-order valence-corrected chi connectivity index (χ2v) is 4.37. The zero-order valence-electron chi connectivity index (χ0n) is 10.3. The number of carbonyl (C=O) groups is 2. The summed E-state index contributed by atoms with van der Waals surface area (Å²) in [6.07, 6.45) is 2.80. The fourth-order valence-corrected chi connectivity index (χ4v) is 1.60. The van der Waals surface area contributed by atoms with Gasteiger partial charge in [0.1, 0.15) is 6.54 Å². The Kier molecular flexibility index (Phi) is 6.39. The van der Waals surface area contributed by atoms with E-state index in [4.69, 9.17) is 23.2 Å². The molecule has 0 aromatic heterocycles. The smallest absolute Gasteiger partial charge is 0.325 e. The van der Waals surface area contributed by atoms with E-state index < -0.39 is 11.9 Å². The van der Waals surface area contributed by atoms with Crippen molar-refractivity contribution in [2.75, 3.05) is 13.2 Å². The quantitative estimate of drug-likeness (QED) is 0.672. The molecule has 0 bridgehead atoms. The van der Waals surface area contributed by atoms with Crippen molar-refractivity contribution in [1.82, 2.24) is 5.32 Å². The average Bonchev–Trinajstić information content (AvgIpc) is 2.38. The van der Waals surface area contributed by atoms with Gasteiger partial charge in [-0.05, 0) is 36.8 Å². The predicted octanol–water partition coefficient (Wildman–Crippen LogP) is 2.69. The summed E-state index contributed by atoms with van der Waals surface area (Å²) in [6.45, 7) is 1.81. The van der Waals surface area contributed by atoms with Crippen molar-refractivity contribution in [2.24, 2.45) is 0 Å². The van der Waals surface area contributed by atoms with Crippen LogP contribution in [0.15, 0.2) is 24.3 Å². The molecular formula is C13H13Cl2NO3. The lowest BCUT2D eigenvalue weighted by molar-refractivity contribution is -0.143. The van der Waals surface area contributed by atoms with Gasteiger partial charge in [0.05, 0.1) is 6.61 Å². The normalized spacial score (nSPS) is 10.5. The van der Waals surface area contributed by atoms with Crippen molar-refractivity contribution in [3.05, 3.63) is 39.9 Å². The molecule has 0 saturated carbocycles. The highest BCUT2D eigenvalue weighted by molar-refractivity contribution is 6.34. The highest BCUT2D eigenvalue weighted by Crippen LogP contribution is 2.21. The second-order valence-electron chi connectivity index (χ2n) is 3.52. The Hall–Kier alpha value is -1.52. The molecule has 4 nitrogen and oxygen atoms in total. The van der Waals surface area contributed by atoms with Gasteiger partial charge in [-0.1, -0.05) is 23.2 Å². The van der Waals surface area contributed by atoms with Gasteiger partial charge >= 0.3 is 5.97 Å². The van der Waals surface area contributed by atoms with Crippen LogP contribution >= 0.6 is 23.2 Å². The van der Waals surface area contributed by atoms with Gasteiger partial charge in [-0.25, -0.2) is 0 Å². The lowest BCUT2D eigenvalue weighted by atomic mass is 10.2. The zero-order valence-corrected chi connectivity index (χ0v) is 11.8. The summed E-state index contributed by atoms with van der Waals surface area (Å²) in [5.74, 6) is -0.894. The van der Waals surface area contributed by atoms with E-state index in [9.17, 15) is 9.59 Å². The van der Waals surface area contributed by atoms with Gasteiger partial charge in [0.25, 0.3) is 0 Å². The molecule has 19 heavy (non-hydrogen) atoms. The van der Waals surface area contributed by atoms with E-state index >= 15 is 0 Å². The van der Waals surface area contributed by atoms with Crippen LogP contribution in [0, 0.1) is 0 Å². The molecule has 0 atom stereocenters. The molecular weight excluding hydrogens is 289 g/mol. The molecule has 0 aliphatic carbocycles. The van der Waals surface area contributed by atoms with Gasteiger partial charge < -0.3 is 10.1 Å². The van der Waals surface area contributed by atoms with Gasteiger partial charge in [0.15, 0.2) is 0 Å². The minimum Gasteiger partial charge on any atom is -0.465 e. The summed E-state index contributed by atoms with van der Waals surface area (Å²) < 4.78 is 4.67. The van der Waals surface area contributed by atoms with Gasteiger partial charge in [-0.2, -0.15) is 0 Å². The van der Waals surface area contributed by atoms with Crippen LogP contribution in [0.2, 0.25) is 10.0 Å². The maximum atomic E-state index is 11.4. The first-order chi connectivity index (χ1) is 9.02. The van der Waals surface area contributed by atoms with E-state index in [-0.39, 0.29) is 13.2 Å². The first-order valence-electron chi connectivity index (χ1n) is 5.59. The molecule has 0 radical (unpaired) electrons. The summed E-state index contributed by atoms with van der Waals surface area (Å²) in [6, 6.07) is 4.93. The van der Waals surface area contributed by atoms with Crippen LogP contribution in [0.25, 0.3) is 6.08 Å². The molecule has 0 spiro atoms. The van der Waals surface area contributed by atoms with Crippen molar-refractivity contribution >= 4 is 41.2 Å². The van der Waals surface area contributed by atoms with Crippen LogP contribution in [-0.4, -0.2) is 25.0 Å². The maximum Gasteiger partial charge on any atom is 0.325 e. The van der Waals surface area contributed by atoms with Gasteiger partial charge in [0.2, 0.25) is 5.91 Å². The van der Waals surface area contributed by atoms with Crippen LogP contribution in [-0.2, 0) is 14.3 Å². The van der Waals surface area contributed by atoms with E-state index in [1.54, 1.807) is 25.1 Å². The number of amides is 1. The monoisotopic (exact) mass is 301 g/mol. The lowest BCUT2D eigenvalue weighted by Crippen LogP contribution is -2.29. The molecule has 102 valence electrons. The van der Waals surface area contributed by atoms with E-state index in [0.717, 1.165) is 0 Å². The number of esters is 1. The number of rotatable bonds is 5. The topological polar surface area (TPSA) is 55.4 Å². The molecule has 0 saturated heterocycles. The second kappa shape index (κ2) is 7.81. The number of hydrogen-bond donors (Lipinski definition) is 1. The third-order valence-electron chi connectivity index (χ3n) is 2.08. The highest BCUT2D eigenvalue weighted by Gasteiger charge is 2.03. The van der Waals surface area contributed by atoms with Gasteiger partial charge in [-0.3, -0.25) is 9.59 Å². The Morgan fingerprint density at radius 3 is 2.79 bits per heavy atom. The van der Waals surface area contributed by atoms with Crippen LogP contribution < -0.4 is 5.32 Å². The van der Waals surface area contributed by atoms with Crippen LogP contribution in [0.3, 0.4) is 0 Å². The molecule has 1 amide bonds. The molecule has 0 unspecified atom stereocenters. The fourth-order valence-electron chi connectivity index (χ4n) is 1.24. The minimum absolute atomic E-state index is 0.166.